The van der Waals surface area contributed by atoms with E-state index in [4.69, 9.17) is 0 Å². The van der Waals surface area contributed by atoms with Gasteiger partial charge in [-0.3, -0.25) is 0 Å². The van der Waals surface area contributed by atoms with Crippen molar-refractivity contribution in [2.24, 2.45) is 11.8 Å². The van der Waals surface area contributed by atoms with Crippen LogP contribution in [0.15, 0.2) is 24.3 Å². The van der Waals surface area contributed by atoms with Crippen molar-refractivity contribution in [2.45, 2.75) is 57.4 Å². The van der Waals surface area contributed by atoms with Crippen LogP contribution in [0.2, 0.25) is 0 Å². The lowest BCUT2D eigenvalue weighted by molar-refractivity contribution is 0.252. The zero-order valence-electron chi connectivity index (χ0n) is 12.2. The maximum absolute atomic E-state index is 3.68. The van der Waals surface area contributed by atoms with Crippen LogP contribution in [0.5, 0.6) is 0 Å². The van der Waals surface area contributed by atoms with Crippen molar-refractivity contribution in [2.75, 3.05) is 7.05 Å². The van der Waals surface area contributed by atoms with Crippen molar-refractivity contribution < 1.29 is 0 Å². The molecule has 3 rings (SSSR count). The molecule has 1 aromatic rings. The monoisotopic (exact) mass is 257 g/mol. The average molecular weight is 257 g/mol. The van der Waals surface area contributed by atoms with Gasteiger partial charge < -0.3 is 5.32 Å². The molecule has 104 valence electrons. The van der Waals surface area contributed by atoms with Crippen LogP contribution in [0.3, 0.4) is 0 Å². The van der Waals surface area contributed by atoms with E-state index in [-0.39, 0.29) is 0 Å². The van der Waals surface area contributed by atoms with Crippen LogP contribution in [-0.2, 0) is 12.8 Å². The van der Waals surface area contributed by atoms with E-state index in [1.165, 1.54) is 51.4 Å². The Morgan fingerprint density at radius 3 is 2.00 bits per heavy atom. The molecular formula is C18H27N. The summed E-state index contributed by atoms with van der Waals surface area (Å²) in [5.41, 5.74) is 3.20. The standard InChI is InChI=1S/C18H27N/c1-19-18(14-8-4-2-3-5-9-14)17-12-15-10-6-7-11-16(15)13-17/h6-7,10-11,14,17-19H,2-5,8-9,12-13H2,1H3. The first kappa shape index (κ1) is 13.2. The lowest BCUT2D eigenvalue weighted by Gasteiger charge is -2.31. The topological polar surface area (TPSA) is 12.0 Å². The van der Waals surface area contributed by atoms with Crippen LogP contribution in [0.4, 0.5) is 0 Å². The summed E-state index contributed by atoms with van der Waals surface area (Å²) >= 11 is 0. The highest BCUT2D eigenvalue weighted by Crippen LogP contribution is 2.35. The largest absolute Gasteiger partial charge is 0.316 e. The van der Waals surface area contributed by atoms with Gasteiger partial charge in [0.25, 0.3) is 0 Å². The van der Waals surface area contributed by atoms with Gasteiger partial charge in [0.05, 0.1) is 0 Å². The van der Waals surface area contributed by atoms with E-state index in [1.807, 2.05) is 0 Å². The van der Waals surface area contributed by atoms with Crippen LogP contribution in [0.25, 0.3) is 0 Å². The first-order valence-electron chi connectivity index (χ1n) is 8.12. The molecule has 0 bridgehead atoms. The molecule has 2 aliphatic rings. The zero-order valence-corrected chi connectivity index (χ0v) is 12.2. The molecule has 0 amide bonds. The van der Waals surface area contributed by atoms with Gasteiger partial charge in [-0.05, 0) is 55.7 Å². The maximum atomic E-state index is 3.68. The van der Waals surface area contributed by atoms with E-state index in [0.29, 0.717) is 0 Å². The summed E-state index contributed by atoms with van der Waals surface area (Å²) in [5.74, 6) is 1.73. The van der Waals surface area contributed by atoms with E-state index in [1.54, 1.807) is 11.1 Å². The number of benzene rings is 1. The Hall–Kier alpha value is -0.820. The molecule has 0 saturated heterocycles. The highest BCUT2D eigenvalue weighted by Gasteiger charge is 2.32. The molecule has 1 N–H and O–H groups in total. The Labute approximate surface area is 117 Å². The predicted molar refractivity (Wildman–Crippen MR) is 81.4 cm³/mol. The van der Waals surface area contributed by atoms with Crippen LogP contribution in [0, 0.1) is 11.8 Å². The van der Waals surface area contributed by atoms with Gasteiger partial charge in [0.15, 0.2) is 0 Å². The summed E-state index contributed by atoms with van der Waals surface area (Å²) in [6.45, 7) is 0. The number of hydrogen-bond donors (Lipinski definition) is 1. The van der Waals surface area contributed by atoms with Gasteiger partial charge in [-0.1, -0.05) is 49.9 Å². The van der Waals surface area contributed by atoms with E-state index in [0.717, 1.165) is 17.9 Å². The van der Waals surface area contributed by atoms with Gasteiger partial charge in [-0.25, -0.2) is 0 Å². The Bertz CT molecular complexity index is 379. The smallest absolute Gasteiger partial charge is 0.0127 e. The quantitative estimate of drug-likeness (QED) is 0.808. The average Bonchev–Trinajstić information content (AvgIpc) is 2.67. The predicted octanol–water partition coefficient (Wildman–Crippen LogP) is 3.96. The summed E-state index contributed by atoms with van der Waals surface area (Å²) in [6, 6.07) is 9.78. The first-order chi connectivity index (χ1) is 9.38. The van der Waals surface area contributed by atoms with Gasteiger partial charge in [-0.2, -0.15) is 0 Å². The van der Waals surface area contributed by atoms with Gasteiger partial charge in [0.2, 0.25) is 0 Å². The molecule has 2 aliphatic carbocycles. The molecule has 19 heavy (non-hydrogen) atoms. The SMILES string of the molecule is CNC(C1CCCCCC1)C1Cc2ccccc2C1. The third-order valence-electron chi connectivity index (χ3n) is 5.33. The molecule has 1 atom stereocenters. The van der Waals surface area contributed by atoms with Crippen LogP contribution in [-0.4, -0.2) is 13.1 Å². The summed E-state index contributed by atoms with van der Waals surface area (Å²) in [5, 5.41) is 3.68. The van der Waals surface area contributed by atoms with Gasteiger partial charge in [-0.15, -0.1) is 0 Å². The molecule has 0 radical (unpaired) electrons. The maximum Gasteiger partial charge on any atom is 0.0127 e. The molecule has 1 aromatic carbocycles. The van der Waals surface area contributed by atoms with Crippen molar-refractivity contribution in [3.63, 3.8) is 0 Å². The lowest BCUT2D eigenvalue weighted by Crippen LogP contribution is -2.40. The van der Waals surface area contributed by atoms with Gasteiger partial charge in [0, 0.05) is 6.04 Å². The molecule has 1 saturated carbocycles. The van der Waals surface area contributed by atoms with Crippen molar-refractivity contribution in [3.05, 3.63) is 35.4 Å². The highest BCUT2D eigenvalue weighted by atomic mass is 14.9. The number of rotatable bonds is 3. The first-order valence-corrected chi connectivity index (χ1v) is 8.12. The van der Waals surface area contributed by atoms with E-state index >= 15 is 0 Å². The molecule has 1 nitrogen and oxygen atoms in total. The third-order valence-corrected chi connectivity index (χ3v) is 5.33. The fourth-order valence-corrected chi connectivity index (χ4v) is 4.37. The second kappa shape index (κ2) is 6.09. The number of hydrogen-bond acceptors (Lipinski definition) is 1. The van der Waals surface area contributed by atoms with Crippen molar-refractivity contribution in [1.29, 1.82) is 0 Å². The van der Waals surface area contributed by atoms with E-state index < -0.39 is 0 Å². The molecule has 0 heterocycles. The normalized spacial score (nSPS) is 23.0. The summed E-state index contributed by atoms with van der Waals surface area (Å²) in [6.07, 6.45) is 11.3. The van der Waals surface area contributed by atoms with E-state index in [9.17, 15) is 0 Å². The second-order valence-electron chi connectivity index (χ2n) is 6.50. The molecule has 1 heteroatoms. The molecule has 0 aliphatic heterocycles. The number of fused-ring (bicyclic) bond motifs is 1. The van der Waals surface area contributed by atoms with Crippen molar-refractivity contribution in [3.8, 4) is 0 Å². The number of nitrogens with one attached hydrogen (secondary N) is 1. The lowest BCUT2D eigenvalue weighted by atomic mass is 9.82. The van der Waals surface area contributed by atoms with Gasteiger partial charge in [0.1, 0.15) is 0 Å². The third kappa shape index (κ3) is 2.86. The fraction of sp³-hybridized carbons (Fsp3) is 0.667. The van der Waals surface area contributed by atoms with Crippen LogP contribution < -0.4 is 5.32 Å². The Balaban J connectivity index is 1.70. The molecule has 1 fully saturated rings. The Morgan fingerprint density at radius 1 is 0.895 bits per heavy atom. The Kier molecular flexibility index (Phi) is 4.22. The molecule has 1 unspecified atom stereocenters. The molecule has 0 aromatic heterocycles. The molecular weight excluding hydrogens is 230 g/mol. The minimum absolute atomic E-state index is 0.727. The minimum Gasteiger partial charge on any atom is -0.316 e. The van der Waals surface area contributed by atoms with Crippen molar-refractivity contribution >= 4 is 0 Å². The van der Waals surface area contributed by atoms with E-state index in [2.05, 4.69) is 36.6 Å². The molecule has 0 spiro atoms. The zero-order chi connectivity index (χ0) is 13.1. The summed E-state index contributed by atoms with van der Waals surface area (Å²) in [7, 11) is 2.18. The highest BCUT2D eigenvalue weighted by molar-refractivity contribution is 5.32. The minimum atomic E-state index is 0.727. The Morgan fingerprint density at radius 2 is 1.47 bits per heavy atom. The van der Waals surface area contributed by atoms with Crippen LogP contribution >= 0.6 is 0 Å². The van der Waals surface area contributed by atoms with Gasteiger partial charge >= 0.3 is 0 Å². The fourth-order valence-electron chi connectivity index (χ4n) is 4.37. The summed E-state index contributed by atoms with van der Waals surface area (Å²) < 4.78 is 0. The second-order valence-corrected chi connectivity index (χ2v) is 6.50. The van der Waals surface area contributed by atoms with Crippen LogP contribution in [0.1, 0.15) is 49.7 Å². The van der Waals surface area contributed by atoms with Crippen molar-refractivity contribution in [1.82, 2.24) is 5.32 Å². The summed E-state index contributed by atoms with van der Waals surface area (Å²) in [4.78, 5) is 0.